The van der Waals surface area contributed by atoms with Crippen LogP contribution in [-0.2, 0) is 11.3 Å². The fourth-order valence-electron chi connectivity index (χ4n) is 5.21. The topological polar surface area (TPSA) is 51.7 Å². The van der Waals surface area contributed by atoms with Crippen LogP contribution in [0.4, 0.5) is 0 Å². The lowest BCUT2D eigenvalue weighted by Crippen LogP contribution is -2.52. The van der Waals surface area contributed by atoms with Crippen LogP contribution in [-0.4, -0.2) is 84.0 Å². The minimum Gasteiger partial charge on any atom is -0.353 e. The first-order chi connectivity index (χ1) is 14.2. The number of hydrogen-bond donors (Lipinski definition) is 1. The Morgan fingerprint density at radius 2 is 1.76 bits per heavy atom. The zero-order valence-electron chi connectivity index (χ0n) is 17.9. The van der Waals surface area contributed by atoms with Crippen LogP contribution < -0.4 is 5.32 Å². The van der Waals surface area contributed by atoms with Crippen molar-refractivity contribution in [3.8, 4) is 0 Å². The van der Waals surface area contributed by atoms with Crippen molar-refractivity contribution in [3.05, 3.63) is 30.1 Å². The van der Waals surface area contributed by atoms with Crippen molar-refractivity contribution >= 4 is 5.91 Å². The predicted molar refractivity (Wildman–Crippen MR) is 115 cm³/mol. The Balaban J connectivity index is 1.22. The van der Waals surface area contributed by atoms with Gasteiger partial charge in [-0.25, -0.2) is 0 Å². The molecule has 0 unspecified atom stereocenters. The van der Waals surface area contributed by atoms with Crippen LogP contribution in [0.3, 0.4) is 0 Å². The summed E-state index contributed by atoms with van der Waals surface area (Å²) in [6.07, 6.45) is 10.6. The minimum absolute atomic E-state index is 0.179. The summed E-state index contributed by atoms with van der Waals surface area (Å²) in [5, 5.41) is 3.36. The quantitative estimate of drug-likeness (QED) is 0.820. The average molecular weight is 400 g/mol. The van der Waals surface area contributed by atoms with Crippen molar-refractivity contribution in [2.24, 2.45) is 5.92 Å². The molecule has 1 N–H and O–H groups in total. The molecule has 3 saturated heterocycles. The van der Waals surface area contributed by atoms with Crippen molar-refractivity contribution in [2.45, 2.75) is 57.2 Å². The van der Waals surface area contributed by atoms with E-state index in [0.717, 1.165) is 71.5 Å². The number of carbonyl (C=O) groups excluding carboxylic acids is 1. The van der Waals surface area contributed by atoms with Gasteiger partial charge >= 0.3 is 0 Å². The van der Waals surface area contributed by atoms with Gasteiger partial charge in [-0.3, -0.25) is 19.6 Å². The molecule has 29 heavy (non-hydrogen) atoms. The first-order valence-electron chi connectivity index (χ1n) is 11.5. The van der Waals surface area contributed by atoms with Gasteiger partial charge in [-0.2, -0.15) is 0 Å². The maximum Gasteiger partial charge on any atom is 0.224 e. The van der Waals surface area contributed by atoms with Gasteiger partial charge in [0.2, 0.25) is 5.91 Å². The van der Waals surface area contributed by atoms with E-state index in [1.165, 1.54) is 18.4 Å². The molecule has 0 saturated carbocycles. The second kappa shape index (κ2) is 10.0. The van der Waals surface area contributed by atoms with Crippen LogP contribution >= 0.6 is 0 Å². The van der Waals surface area contributed by atoms with Crippen molar-refractivity contribution < 1.29 is 4.79 Å². The summed E-state index contributed by atoms with van der Waals surface area (Å²) in [4.78, 5) is 24.5. The molecular formula is C23H37N5O. The molecule has 1 amide bonds. The Hall–Kier alpha value is -1.50. The average Bonchev–Trinajstić information content (AvgIpc) is 2.77. The molecule has 6 nitrogen and oxygen atoms in total. The van der Waals surface area contributed by atoms with E-state index in [0.29, 0.717) is 18.0 Å². The normalized spacial score (nSPS) is 26.4. The van der Waals surface area contributed by atoms with Crippen molar-refractivity contribution in [1.82, 2.24) is 25.0 Å². The van der Waals surface area contributed by atoms with Crippen molar-refractivity contribution in [1.29, 1.82) is 0 Å². The Morgan fingerprint density at radius 1 is 1.03 bits per heavy atom. The molecule has 0 aromatic carbocycles. The van der Waals surface area contributed by atoms with E-state index in [9.17, 15) is 4.79 Å². The Bertz CT molecular complexity index is 638. The zero-order chi connectivity index (χ0) is 20.1. The summed E-state index contributed by atoms with van der Waals surface area (Å²) in [6.45, 7) is 7.63. The molecular weight excluding hydrogens is 362 g/mol. The zero-order valence-corrected chi connectivity index (χ0v) is 17.9. The first-order valence-corrected chi connectivity index (χ1v) is 11.5. The second-order valence-electron chi connectivity index (χ2n) is 9.28. The summed E-state index contributed by atoms with van der Waals surface area (Å²) in [5.41, 5.74) is 1.35. The highest BCUT2D eigenvalue weighted by molar-refractivity contribution is 5.79. The molecule has 6 heteroatoms. The summed E-state index contributed by atoms with van der Waals surface area (Å²) in [5.74, 6) is 0.484. The van der Waals surface area contributed by atoms with Crippen LogP contribution in [0.15, 0.2) is 24.5 Å². The SMILES string of the molecule is CN1CCC(NC(=O)[C@H]2CCCN(C3CCN(Cc4ccncc4)CC3)C2)CC1. The molecule has 3 aliphatic heterocycles. The molecule has 0 bridgehead atoms. The van der Waals surface area contributed by atoms with Crippen molar-refractivity contribution in [2.75, 3.05) is 46.3 Å². The number of nitrogens with one attached hydrogen (secondary N) is 1. The molecule has 1 aromatic heterocycles. The van der Waals surface area contributed by atoms with Gasteiger partial charge in [0.25, 0.3) is 0 Å². The van der Waals surface area contributed by atoms with E-state index in [1.54, 1.807) is 0 Å². The molecule has 0 radical (unpaired) electrons. The van der Waals surface area contributed by atoms with Crippen LogP contribution in [0.1, 0.15) is 44.1 Å². The van der Waals surface area contributed by atoms with Gasteiger partial charge in [-0.1, -0.05) is 0 Å². The largest absolute Gasteiger partial charge is 0.353 e. The lowest BCUT2D eigenvalue weighted by Gasteiger charge is -2.42. The molecule has 1 atom stereocenters. The number of amides is 1. The van der Waals surface area contributed by atoms with Crippen LogP contribution in [0, 0.1) is 5.92 Å². The van der Waals surface area contributed by atoms with E-state index in [1.807, 2.05) is 12.4 Å². The van der Waals surface area contributed by atoms with Crippen LogP contribution in [0.5, 0.6) is 0 Å². The van der Waals surface area contributed by atoms with Gasteiger partial charge in [-0.05, 0) is 96.0 Å². The summed E-state index contributed by atoms with van der Waals surface area (Å²) >= 11 is 0. The van der Waals surface area contributed by atoms with Gasteiger partial charge in [0.05, 0.1) is 5.92 Å². The molecule has 0 spiro atoms. The van der Waals surface area contributed by atoms with E-state index in [2.05, 4.69) is 44.2 Å². The number of piperidine rings is 3. The standard InChI is InChI=1S/C23H37N5O/c1-26-13-6-21(7-14-26)25-23(29)20-3-2-12-28(18-20)22-8-15-27(16-9-22)17-19-4-10-24-11-5-19/h4-5,10-11,20-22H,2-3,6-9,12-18H2,1H3,(H,25,29)/t20-/m0/s1. The molecule has 3 aliphatic rings. The number of likely N-dealkylation sites (tertiary alicyclic amines) is 3. The lowest BCUT2D eigenvalue weighted by atomic mass is 9.92. The molecule has 3 fully saturated rings. The highest BCUT2D eigenvalue weighted by Crippen LogP contribution is 2.25. The third-order valence-electron chi connectivity index (χ3n) is 7.12. The number of hydrogen-bond acceptors (Lipinski definition) is 5. The van der Waals surface area contributed by atoms with E-state index in [-0.39, 0.29) is 5.92 Å². The molecule has 4 rings (SSSR count). The number of rotatable bonds is 5. The predicted octanol–water partition coefficient (Wildman–Crippen LogP) is 1.97. The summed E-state index contributed by atoms with van der Waals surface area (Å²) in [6, 6.07) is 5.25. The number of pyridine rings is 1. The van der Waals surface area contributed by atoms with Gasteiger partial charge in [0.15, 0.2) is 0 Å². The van der Waals surface area contributed by atoms with Gasteiger partial charge in [0, 0.05) is 37.6 Å². The van der Waals surface area contributed by atoms with Crippen molar-refractivity contribution in [3.63, 3.8) is 0 Å². The van der Waals surface area contributed by atoms with Gasteiger partial charge in [0.1, 0.15) is 0 Å². The monoisotopic (exact) mass is 399 g/mol. The molecule has 1 aromatic rings. The highest BCUT2D eigenvalue weighted by Gasteiger charge is 2.32. The molecule has 160 valence electrons. The maximum atomic E-state index is 12.9. The molecule has 4 heterocycles. The highest BCUT2D eigenvalue weighted by atomic mass is 16.2. The van der Waals surface area contributed by atoms with E-state index >= 15 is 0 Å². The van der Waals surface area contributed by atoms with Gasteiger partial charge in [-0.15, -0.1) is 0 Å². The number of carbonyl (C=O) groups is 1. The second-order valence-corrected chi connectivity index (χ2v) is 9.28. The minimum atomic E-state index is 0.179. The summed E-state index contributed by atoms with van der Waals surface area (Å²) < 4.78 is 0. The Labute approximate surface area is 175 Å². The maximum absolute atomic E-state index is 12.9. The Morgan fingerprint density at radius 3 is 2.48 bits per heavy atom. The first kappa shape index (κ1) is 20.8. The van der Waals surface area contributed by atoms with E-state index < -0.39 is 0 Å². The molecule has 0 aliphatic carbocycles. The fraction of sp³-hybridized carbons (Fsp3) is 0.739. The van der Waals surface area contributed by atoms with Crippen LogP contribution in [0.25, 0.3) is 0 Å². The Kier molecular flexibility index (Phi) is 7.16. The number of aromatic nitrogens is 1. The summed E-state index contributed by atoms with van der Waals surface area (Å²) in [7, 11) is 2.17. The lowest BCUT2D eigenvalue weighted by molar-refractivity contribution is -0.128. The fourth-order valence-corrected chi connectivity index (χ4v) is 5.21. The number of nitrogens with zero attached hydrogens (tertiary/aromatic N) is 4. The third-order valence-corrected chi connectivity index (χ3v) is 7.12. The van der Waals surface area contributed by atoms with Gasteiger partial charge < -0.3 is 10.2 Å². The van der Waals surface area contributed by atoms with E-state index in [4.69, 9.17) is 0 Å². The third kappa shape index (κ3) is 5.77. The van der Waals surface area contributed by atoms with Crippen LogP contribution in [0.2, 0.25) is 0 Å². The smallest absolute Gasteiger partial charge is 0.224 e.